The van der Waals surface area contributed by atoms with Gasteiger partial charge in [-0.1, -0.05) is 13.8 Å². The molecular formula is C15H26N2O. The molecule has 102 valence electrons. The monoisotopic (exact) mass is 250 g/mol. The van der Waals surface area contributed by atoms with Gasteiger partial charge in [0, 0.05) is 12.1 Å². The third-order valence-corrected chi connectivity index (χ3v) is 4.03. The standard InChI is InChI=1S/C15H26N2O/c1-12-13(10-16-4)9-14(18-12)11-17-7-5-15(2,3)6-8-17/h9,16H,5-8,10-11H2,1-4H3. The zero-order valence-electron chi connectivity index (χ0n) is 12.2. The first kappa shape index (κ1) is 13.6. The maximum atomic E-state index is 5.84. The molecule has 0 atom stereocenters. The fraction of sp³-hybridized carbons (Fsp3) is 0.733. The lowest BCUT2D eigenvalue weighted by atomic mass is 9.83. The Labute approximate surface area is 111 Å². The predicted octanol–water partition coefficient (Wildman–Crippen LogP) is 2.93. The molecule has 18 heavy (non-hydrogen) atoms. The van der Waals surface area contributed by atoms with E-state index < -0.39 is 0 Å². The molecule has 1 aliphatic rings. The number of likely N-dealkylation sites (tertiary alicyclic amines) is 1. The summed E-state index contributed by atoms with van der Waals surface area (Å²) >= 11 is 0. The summed E-state index contributed by atoms with van der Waals surface area (Å²) in [5, 5.41) is 3.18. The Hall–Kier alpha value is -0.800. The van der Waals surface area contributed by atoms with Gasteiger partial charge in [0.05, 0.1) is 6.54 Å². The van der Waals surface area contributed by atoms with Crippen LogP contribution in [0.15, 0.2) is 10.5 Å². The van der Waals surface area contributed by atoms with Gasteiger partial charge >= 0.3 is 0 Å². The van der Waals surface area contributed by atoms with Crippen molar-refractivity contribution in [3.63, 3.8) is 0 Å². The average Bonchev–Trinajstić information content (AvgIpc) is 2.63. The number of aryl methyl sites for hydroxylation is 1. The van der Waals surface area contributed by atoms with Crippen molar-refractivity contribution in [1.29, 1.82) is 0 Å². The Balaban J connectivity index is 1.92. The van der Waals surface area contributed by atoms with Gasteiger partial charge in [0.15, 0.2) is 0 Å². The van der Waals surface area contributed by atoms with Crippen molar-refractivity contribution in [2.45, 2.75) is 46.7 Å². The maximum Gasteiger partial charge on any atom is 0.118 e. The van der Waals surface area contributed by atoms with E-state index in [0.29, 0.717) is 5.41 Å². The van der Waals surface area contributed by atoms with Crippen molar-refractivity contribution in [3.8, 4) is 0 Å². The molecule has 0 spiro atoms. The van der Waals surface area contributed by atoms with Gasteiger partial charge in [0.1, 0.15) is 11.5 Å². The van der Waals surface area contributed by atoms with Crippen LogP contribution in [-0.4, -0.2) is 25.0 Å². The highest BCUT2D eigenvalue weighted by atomic mass is 16.3. The van der Waals surface area contributed by atoms with E-state index in [1.807, 2.05) is 7.05 Å². The van der Waals surface area contributed by atoms with E-state index in [1.165, 1.54) is 31.5 Å². The largest absolute Gasteiger partial charge is 0.465 e. The number of hydrogen-bond donors (Lipinski definition) is 1. The normalized spacial score (nSPS) is 20.2. The van der Waals surface area contributed by atoms with Gasteiger partial charge in [0.25, 0.3) is 0 Å². The lowest BCUT2D eigenvalue weighted by molar-refractivity contribution is 0.120. The lowest BCUT2D eigenvalue weighted by Crippen LogP contribution is -2.36. The zero-order valence-corrected chi connectivity index (χ0v) is 12.2. The smallest absolute Gasteiger partial charge is 0.118 e. The van der Waals surface area contributed by atoms with Crippen molar-refractivity contribution in [3.05, 3.63) is 23.2 Å². The molecule has 3 heteroatoms. The minimum absolute atomic E-state index is 0.521. The van der Waals surface area contributed by atoms with Crippen molar-refractivity contribution in [2.75, 3.05) is 20.1 Å². The van der Waals surface area contributed by atoms with Crippen LogP contribution in [0.2, 0.25) is 0 Å². The molecule has 0 aliphatic carbocycles. The second-order valence-corrected chi connectivity index (χ2v) is 6.26. The van der Waals surface area contributed by atoms with Crippen LogP contribution in [-0.2, 0) is 13.1 Å². The zero-order chi connectivity index (χ0) is 13.2. The van der Waals surface area contributed by atoms with E-state index in [-0.39, 0.29) is 0 Å². The molecule has 1 N–H and O–H groups in total. The molecular weight excluding hydrogens is 224 g/mol. The summed E-state index contributed by atoms with van der Waals surface area (Å²) in [7, 11) is 1.97. The second-order valence-electron chi connectivity index (χ2n) is 6.26. The number of nitrogens with zero attached hydrogens (tertiary/aromatic N) is 1. The summed E-state index contributed by atoms with van der Waals surface area (Å²) < 4.78 is 5.84. The lowest BCUT2D eigenvalue weighted by Gasteiger charge is -2.36. The number of hydrogen-bond acceptors (Lipinski definition) is 3. The van der Waals surface area contributed by atoms with Crippen LogP contribution in [0, 0.1) is 12.3 Å². The third-order valence-electron chi connectivity index (χ3n) is 4.03. The number of nitrogens with one attached hydrogen (secondary N) is 1. The molecule has 1 aromatic heterocycles. The van der Waals surface area contributed by atoms with Crippen LogP contribution in [0.3, 0.4) is 0 Å². The van der Waals surface area contributed by atoms with Crippen LogP contribution in [0.1, 0.15) is 43.8 Å². The Bertz CT molecular complexity index is 385. The predicted molar refractivity (Wildman–Crippen MR) is 74.5 cm³/mol. The van der Waals surface area contributed by atoms with Crippen LogP contribution < -0.4 is 5.32 Å². The van der Waals surface area contributed by atoms with Crippen LogP contribution >= 0.6 is 0 Å². The Morgan fingerprint density at radius 2 is 2.00 bits per heavy atom. The third kappa shape index (κ3) is 3.36. The van der Waals surface area contributed by atoms with Crippen molar-refractivity contribution >= 4 is 0 Å². The molecule has 1 aromatic rings. The Kier molecular flexibility index (Phi) is 4.13. The van der Waals surface area contributed by atoms with Crippen molar-refractivity contribution in [1.82, 2.24) is 10.2 Å². The van der Waals surface area contributed by atoms with E-state index >= 15 is 0 Å². The van der Waals surface area contributed by atoms with E-state index in [4.69, 9.17) is 4.42 Å². The number of furan rings is 1. The van der Waals surface area contributed by atoms with Gasteiger partial charge < -0.3 is 9.73 Å². The maximum absolute atomic E-state index is 5.84. The van der Waals surface area contributed by atoms with Gasteiger partial charge in [-0.05, 0) is 51.4 Å². The molecule has 2 rings (SSSR count). The second kappa shape index (κ2) is 5.45. The van der Waals surface area contributed by atoms with Crippen LogP contribution in [0.4, 0.5) is 0 Å². The van der Waals surface area contributed by atoms with Crippen LogP contribution in [0.5, 0.6) is 0 Å². The number of piperidine rings is 1. The van der Waals surface area contributed by atoms with Gasteiger partial charge in [-0.2, -0.15) is 0 Å². The highest BCUT2D eigenvalue weighted by Gasteiger charge is 2.25. The molecule has 2 heterocycles. The highest BCUT2D eigenvalue weighted by molar-refractivity contribution is 5.20. The molecule has 1 saturated heterocycles. The van der Waals surface area contributed by atoms with Crippen molar-refractivity contribution in [2.24, 2.45) is 5.41 Å². The number of rotatable bonds is 4. The van der Waals surface area contributed by atoms with Gasteiger partial charge in [-0.3, -0.25) is 4.90 Å². The minimum atomic E-state index is 0.521. The summed E-state index contributed by atoms with van der Waals surface area (Å²) in [6, 6.07) is 2.20. The summed E-state index contributed by atoms with van der Waals surface area (Å²) in [5.74, 6) is 2.16. The van der Waals surface area contributed by atoms with E-state index in [0.717, 1.165) is 24.6 Å². The molecule has 1 aliphatic heterocycles. The molecule has 0 amide bonds. The Morgan fingerprint density at radius 1 is 1.33 bits per heavy atom. The van der Waals surface area contributed by atoms with Gasteiger partial charge in [-0.15, -0.1) is 0 Å². The van der Waals surface area contributed by atoms with E-state index in [1.54, 1.807) is 0 Å². The molecule has 0 bridgehead atoms. The van der Waals surface area contributed by atoms with Crippen molar-refractivity contribution < 1.29 is 4.42 Å². The SMILES string of the molecule is CNCc1cc(CN2CCC(C)(C)CC2)oc1C. The quantitative estimate of drug-likeness (QED) is 0.890. The molecule has 0 saturated carbocycles. The highest BCUT2D eigenvalue weighted by Crippen LogP contribution is 2.30. The summed E-state index contributed by atoms with van der Waals surface area (Å²) in [4.78, 5) is 2.51. The van der Waals surface area contributed by atoms with Crippen LogP contribution in [0.25, 0.3) is 0 Å². The molecule has 0 radical (unpaired) electrons. The van der Waals surface area contributed by atoms with Gasteiger partial charge in [-0.25, -0.2) is 0 Å². The van der Waals surface area contributed by atoms with E-state index in [9.17, 15) is 0 Å². The summed E-state index contributed by atoms with van der Waals surface area (Å²) in [6.07, 6.45) is 2.58. The minimum Gasteiger partial charge on any atom is -0.465 e. The molecule has 3 nitrogen and oxygen atoms in total. The van der Waals surface area contributed by atoms with Gasteiger partial charge in [0.2, 0.25) is 0 Å². The average molecular weight is 250 g/mol. The Morgan fingerprint density at radius 3 is 2.61 bits per heavy atom. The fourth-order valence-electron chi connectivity index (χ4n) is 2.57. The molecule has 0 unspecified atom stereocenters. The first-order valence-electron chi connectivity index (χ1n) is 6.95. The first-order valence-corrected chi connectivity index (χ1v) is 6.95. The first-order chi connectivity index (χ1) is 8.50. The molecule has 0 aromatic carbocycles. The fourth-order valence-corrected chi connectivity index (χ4v) is 2.57. The topological polar surface area (TPSA) is 28.4 Å². The van der Waals surface area contributed by atoms with E-state index in [2.05, 4.69) is 37.1 Å². The summed E-state index contributed by atoms with van der Waals surface area (Å²) in [5.41, 5.74) is 1.80. The summed E-state index contributed by atoms with van der Waals surface area (Å²) in [6.45, 7) is 11.0. The molecule has 1 fully saturated rings.